The molecule has 0 unspecified atom stereocenters. The topological polar surface area (TPSA) is 56.0 Å². The van der Waals surface area contributed by atoms with Gasteiger partial charge in [-0.05, 0) is 25.8 Å². The van der Waals surface area contributed by atoms with E-state index in [0.29, 0.717) is 0 Å². The Morgan fingerprint density at radius 1 is 1.64 bits per heavy atom. The smallest absolute Gasteiger partial charge is 0.358 e. The van der Waals surface area contributed by atoms with Crippen LogP contribution in [0.15, 0.2) is 10.5 Å². The van der Waals surface area contributed by atoms with E-state index in [0.717, 1.165) is 6.07 Å². The maximum Gasteiger partial charge on any atom is 0.364 e. The van der Waals surface area contributed by atoms with E-state index in [1.165, 1.54) is 6.92 Å². The zero-order valence-electron chi connectivity index (χ0n) is 7.00. The zero-order valence-corrected chi connectivity index (χ0v) is 8.59. The van der Waals surface area contributed by atoms with Gasteiger partial charge in [-0.2, -0.15) is 0 Å². The molecule has 4 nitrogen and oxygen atoms in total. The molecule has 0 aromatic carbocycles. The minimum absolute atomic E-state index is 0.00620. The van der Waals surface area contributed by atoms with Crippen molar-refractivity contribution in [3.63, 3.8) is 0 Å². The maximum atomic E-state index is 12.4. The molecule has 76 valence electrons. The Morgan fingerprint density at radius 2 is 2.21 bits per heavy atom. The largest absolute Gasteiger partial charge is 0.364 e. The van der Waals surface area contributed by atoms with Crippen molar-refractivity contribution < 1.29 is 13.7 Å². The van der Waals surface area contributed by atoms with Crippen molar-refractivity contribution in [2.75, 3.05) is 0 Å². The lowest BCUT2D eigenvalue weighted by Gasteiger charge is -2.03. The molecule has 1 aromatic rings. The molecule has 0 amide bonds. The number of rotatable bonds is 2. The monoisotopic (exact) mass is 266 g/mol. The predicted molar refractivity (Wildman–Crippen MR) is 48.3 cm³/mol. The first-order valence-corrected chi connectivity index (χ1v) is 4.32. The standard InChI is InChI=1S/C7H5BrF2N2O2/c1-3-6(7(9)10)4(8)2-5(11-3)12(13)14/h2,7H,1H3. The van der Waals surface area contributed by atoms with Crippen LogP contribution in [-0.4, -0.2) is 9.91 Å². The molecule has 7 heteroatoms. The lowest BCUT2D eigenvalue weighted by atomic mass is 10.2. The number of halogens is 3. The van der Waals surface area contributed by atoms with Gasteiger partial charge in [0.2, 0.25) is 0 Å². The number of nitrogens with zero attached hydrogens (tertiary/aromatic N) is 2. The molecule has 14 heavy (non-hydrogen) atoms. The van der Waals surface area contributed by atoms with Crippen LogP contribution in [0.3, 0.4) is 0 Å². The average molecular weight is 267 g/mol. The van der Waals surface area contributed by atoms with Crippen molar-refractivity contribution in [1.29, 1.82) is 0 Å². The predicted octanol–water partition coefficient (Wildman–Crippen LogP) is 3.00. The summed E-state index contributed by atoms with van der Waals surface area (Å²) in [4.78, 5) is 13.0. The van der Waals surface area contributed by atoms with E-state index >= 15 is 0 Å². The van der Waals surface area contributed by atoms with Crippen LogP contribution in [-0.2, 0) is 0 Å². The Labute approximate surface area is 86.2 Å². The molecular weight excluding hydrogens is 262 g/mol. The molecule has 1 rings (SSSR count). The first kappa shape index (κ1) is 11.0. The highest BCUT2D eigenvalue weighted by molar-refractivity contribution is 9.10. The molecule has 0 saturated carbocycles. The highest BCUT2D eigenvalue weighted by atomic mass is 79.9. The number of hydrogen-bond donors (Lipinski definition) is 0. The van der Waals surface area contributed by atoms with Crippen LogP contribution in [0.1, 0.15) is 17.7 Å². The van der Waals surface area contributed by atoms with Gasteiger partial charge in [0.15, 0.2) is 5.69 Å². The van der Waals surface area contributed by atoms with E-state index in [1.54, 1.807) is 0 Å². The van der Waals surface area contributed by atoms with Crippen molar-refractivity contribution in [2.24, 2.45) is 0 Å². The Kier molecular flexibility index (Phi) is 3.10. The Balaban J connectivity index is 3.32. The van der Waals surface area contributed by atoms with E-state index in [2.05, 4.69) is 20.9 Å². The van der Waals surface area contributed by atoms with Crippen molar-refractivity contribution in [1.82, 2.24) is 4.98 Å². The number of hydrogen-bond acceptors (Lipinski definition) is 3. The fourth-order valence-corrected chi connectivity index (χ4v) is 1.65. The van der Waals surface area contributed by atoms with Gasteiger partial charge in [-0.25, -0.2) is 8.78 Å². The third kappa shape index (κ3) is 2.03. The van der Waals surface area contributed by atoms with Crippen molar-refractivity contribution in [3.05, 3.63) is 31.9 Å². The molecule has 1 aromatic heterocycles. The molecule has 0 N–H and O–H groups in total. The minimum atomic E-state index is -2.70. The second-order valence-corrected chi connectivity index (χ2v) is 3.37. The maximum absolute atomic E-state index is 12.4. The number of aromatic nitrogens is 1. The first-order chi connectivity index (χ1) is 6.43. The fraction of sp³-hybridized carbons (Fsp3) is 0.286. The van der Waals surface area contributed by atoms with E-state index in [1.807, 2.05) is 0 Å². The first-order valence-electron chi connectivity index (χ1n) is 3.53. The third-order valence-electron chi connectivity index (χ3n) is 1.59. The van der Waals surface area contributed by atoms with E-state index in [9.17, 15) is 18.9 Å². The summed E-state index contributed by atoms with van der Waals surface area (Å²) in [6.45, 7) is 1.30. The Bertz CT molecular complexity index is 361. The third-order valence-corrected chi connectivity index (χ3v) is 2.25. The van der Waals surface area contributed by atoms with Crippen LogP contribution < -0.4 is 0 Å². The van der Waals surface area contributed by atoms with E-state index in [4.69, 9.17) is 0 Å². The van der Waals surface area contributed by atoms with Crippen molar-refractivity contribution in [3.8, 4) is 0 Å². The van der Waals surface area contributed by atoms with Gasteiger partial charge in [0.05, 0.1) is 11.6 Å². The average Bonchev–Trinajstić information content (AvgIpc) is 2.01. The van der Waals surface area contributed by atoms with Gasteiger partial charge < -0.3 is 10.1 Å². The summed E-state index contributed by atoms with van der Waals surface area (Å²) < 4.78 is 24.8. The Hall–Kier alpha value is -1.11. The van der Waals surface area contributed by atoms with Crippen LogP contribution in [0.25, 0.3) is 0 Å². The quantitative estimate of drug-likeness (QED) is 0.611. The summed E-state index contributed by atoms with van der Waals surface area (Å²) in [6.07, 6.45) is -2.70. The van der Waals surface area contributed by atoms with Crippen molar-refractivity contribution >= 4 is 21.7 Å². The molecular formula is C7H5BrF2N2O2. The summed E-state index contributed by atoms with van der Waals surface area (Å²) in [6, 6.07) is 0.967. The van der Waals surface area contributed by atoms with Crippen LogP contribution in [0, 0.1) is 17.0 Å². The Morgan fingerprint density at radius 3 is 2.57 bits per heavy atom. The number of alkyl halides is 2. The van der Waals surface area contributed by atoms with Gasteiger partial charge in [-0.1, -0.05) is 0 Å². The lowest BCUT2D eigenvalue weighted by molar-refractivity contribution is -0.389. The molecule has 0 aliphatic heterocycles. The number of nitro groups is 1. The van der Waals surface area contributed by atoms with Gasteiger partial charge in [0, 0.05) is 11.4 Å². The molecule has 0 fully saturated rings. The minimum Gasteiger partial charge on any atom is -0.358 e. The van der Waals surface area contributed by atoms with Gasteiger partial charge in [0.1, 0.15) is 0 Å². The van der Waals surface area contributed by atoms with Gasteiger partial charge in [-0.15, -0.1) is 0 Å². The second-order valence-electron chi connectivity index (χ2n) is 2.52. The van der Waals surface area contributed by atoms with E-state index < -0.39 is 17.2 Å². The molecule has 1 heterocycles. The molecule has 0 saturated heterocycles. The molecule has 0 aliphatic carbocycles. The highest BCUT2D eigenvalue weighted by Gasteiger charge is 2.22. The number of aryl methyl sites for hydroxylation is 1. The molecule has 0 radical (unpaired) electrons. The summed E-state index contributed by atoms with van der Waals surface area (Å²) in [5.74, 6) is -0.446. The summed E-state index contributed by atoms with van der Waals surface area (Å²) in [7, 11) is 0. The zero-order chi connectivity index (χ0) is 10.9. The van der Waals surface area contributed by atoms with Crippen LogP contribution >= 0.6 is 15.9 Å². The van der Waals surface area contributed by atoms with E-state index in [-0.39, 0.29) is 15.7 Å². The van der Waals surface area contributed by atoms with Gasteiger partial charge in [0.25, 0.3) is 6.43 Å². The van der Waals surface area contributed by atoms with Crippen LogP contribution in [0.5, 0.6) is 0 Å². The summed E-state index contributed by atoms with van der Waals surface area (Å²) in [5, 5.41) is 10.3. The summed E-state index contributed by atoms with van der Waals surface area (Å²) in [5.41, 5.74) is -0.350. The fourth-order valence-electron chi connectivity index (χ4n) is 0.984. The van der Waals surface area contributed by atoms with Crippen molar-refractivity contribution in [2.45, 2.75) is 13.3 Å². The molecule has 0 atom stereocenters. The van der Waals surface area contributed by atoms with Crippen LogP contribution in [0.2, 0.25) is 0 Å². The lowest BCUT2D eigenvalue weighted by Crippen LogP contribution is -1.99. The molecule has 0 aliphatic rings. The second kappa shape index (κ2) is 3.95. The van der Waals surface area contributed by atoms with Crippen LogP contribution in [0.4, 0.5) is 14.6 Å². The highest BCUT2D eigenvalue weighted by Crippen LogP contribution is 2.31. The summed E-state index contributed by atoms with van der Waals surface area (Å²) >= 11 is 2.84. The normalized spacial score (nSPS) is 10.6. The SMILES string of the molecule is Cc1nc([N+](=O)[O-])cc(Br)c1C(F)F. The van der Waals surface area contributed by atoms with Gasteiger partial charge >= 0.3 is 5.82 Å². The molecule has 0 bridgehead atoms. The van der Waals surface area contributed by atoms with Gasteiger partial charge in [-0.3, -0.25) is 0 Å². The number of pyridine rings is 1. The molecule has 0 spiro atoms.